The molecule has 0 amide bonds. The molecule has 1 aliphatic carbocycles. The molecule has 0 heterocycles. The number of nitrogen functional groups attached to an aromatic ring is 1. The van der Waals surface area contributed by atoms with Crippen LogP contribution in [-0.2, 0) is 0 Å². The van der Waals surface area contributed by atoms with Crippen LogP contribution in [0.5, 0.6) is 0 Å². The number of rotatable bonds is 2. The summed E-state index contributed by atoms with van der Waals surface area (Å²) in [6, 6.07) is 20.8. The van der Waals surface area contributed by atoms with Gasteiger partial charge in [-0.1, -0.05) is 60.4 Å². The number of benzene rings is 2. The fourth-order valence-electron chi connectivity index (χ4n) is 2.68. The molecule has 0 radical (unpaired) electrons. The first-order chi connectivity index (χ1) is 14.2. The fourth-order valence-corrected chi connectivity index (χ4v) is 2.68. The van der Waals surface area contributed by atoms with Crippen LogP contribution in [0.15, 0.2) is 108 Å². The highest BCUT2D eigenvalue weighted by Gasteiger charge is 2.07. The highest BCUT2D eigenvalue weighted by molar-refractivity contribution is 5.83. The van der Waals surface area contributed by atoms with Crippen LogP contribution in [0.25, 0.3) is 5.57 Å². The van der Waals surface area contributed by atoms with E-state index in [4.69, 9.17) is 5.73 Å². The molecule has 0 spiro atoms. The maximum Gasteiger partial charge on any atom is 0.137 e. The Bertz CT molecular complexity index is 1180. The summed E-state index contributed by atoms with van der Waals surface area (Å²) in [5, 5.41) is 18.7. The van der Waals surface area contributed by atoms with E-state index in [0.29, 0.717) is 11.3 Å². The van der Waals surface area contributed by atoms with Gasteiger partial charge in [-0.25, -0.2) is 0 Å². The first kappa shape index (κ1) is 19.2. The minimum absolute atomic E-state index is 0.0751. The molecule has 2 aromatic rings. The first-order valence-corrected chi connectivity index (χ1v) is 8.95. The lowest BCUT2D eigenvalue weighted by Gasteiger charge is -2.04. The zero-order chi connectivity index (χ0) is 20.5. The van der Waals surface area contributed by atoms with Crippen LogP contribution >= 0.6 is 0 Å². The van der Waals surface area contributed by atoms with Crippen molar-refractivity contribution in [1.29, 1.82) is 10.5 Å². The Labute approximate surface area is 170 Å². The lowest BCUT2D eigenvalue weighted by Crippen LogP contribution is -1.87. The summed E-state index contributed by atoms with van der Waals surface area (Å²) in [7, 11) is 0. The lowest BCUT2D eigenvalue weighted by molar-refractivity contribution is 1.45. The van der Waals surface area contributed by atoms with Gasteiger partial charge in [-0.15, -0.1) is 0 Å². The Balaban J connectivity index is 1.90. The summed E-state index contributed by atoms with van der Waals surface area (Å²) in [6.45, 7) is 0. The van der Waals surface area contributed by atoms with Crippen molar-refractivity contribution in [3.63, 3.8) is 0 Å². The second kappa shape index (κ2) is 9.43. The third-order valence-electron chi connectivity index (χ3n) is 4.17. The van der Waals surface area contributed by atoms with Crippen molar-refractivity contribution < 1.29 is 0 Å². The van der Waals surface area contributed by atoms with E-state index in [0.717, 1.165) is 22.3 Å². The molecule has 29 heavy (non-hydrogen) atoms. The normalized spacial score (nSPS) is 13.3. The molecule has 0 atom stereocenters. The van der Waals surface area contributed by atoms with Gasteiger partial charge in [0.15, 0.2) is 0 Å². The van der Waals surface area contributed by atoms with Gasteiger partial charge in [-0.3, -0.25) is 0 Å². The van der Waals surface area contributed by atoms with E-state index in [1.807, 2.05) is 103 Å². The van der Waals surface area contributed by atoms with Crippen LogP contribution in [0, 0.1) is 34.5 Å². The average molecular weight is 371 g/mol. The van der Waals surface area contributed by atoms with Gasteiger partial charge in [-0.05, 0) is 53.6 Å². The van der Waals surface area contributed by atoms with Gasteiger partial charge in [0.2, 0.25) is 0 Å². The van der Waals surface area contributed by atoms with Gasteiger partial charge in [0.1, 0.15) is 17.7 Å². The SMILES string of the molecule is N#CC(C#N)=C(/C=C1\C=CC=C(C#Cc2ccc(N)cc2)C=C1)c1ccccc1. The first-order valence-electron chi connectivity index (χ1n) is 8.95. The Kier molecular flexibility index (Phi) is 6.26. The molecule has 0 unspecified atom stereocenters. The van der Waals surface area contributed by atoms with Crippen LogP contribution in [-0.4, -0.2) is 0 Å². The Morgan fingerprint density at radius 3 is 2.24 bits per heavy atom. The number of anilines is 1. The maximum absolute atomic E-state index is 9.35. The number of allylic oxidation sites excluding steroid dienone is 10. The van der Waals surface area contributed by atoms with Crippen LogP contribution < -0.4 is 5.73 Å². The molecule has 3 nitrogen and oxygen atoms in total. The van der Waals surface area contributed by atoms with E-state index in [2.05, 4.69) is 11.8 Å². The van der Waals surface area contributed by atoms with Gasteiger partial charge < -0.3 is 5.73 Å². The van der Waals surface area contributed by atoms with E-state index in [-0.39, 0.29) is 5.57 Å². The maximum atomic E-state index is 9.35. The summed E-state index contributed by atoms with van der Waals surface area (Å²) in [5.41, 5.74) is 10.5. The third kappa shape index (κ3) is 5.24. The fraction of sp³-hybridized carbons (Fsp3) is 0. The number of nitrogens with zero attached hydrogens (tertiary/aromatic N) is 2. The van der Waals surface area contributed by atoms with Crippen LogP contribution in [0.3, 0.4) is 0 Å². The average Bonchev–Trinajstić information content (AvgIpc) is 2.99. The van der Waals surface area contributed by atoms with Gasteiger partial charge >= 0.3 is 0 Å². The molecule has 3 heteroatoms. The van der Waals surface area contributed by atoms with Crippen molar-refractivity contribution in [2.24, 2.45) is 0 Å². The molecule has 0 fully saturated rings. The standard InChI is InChI=1S/C26H17N3/c27-18-24(19-28)26(23-7-2-1-3-8-23)17-22-6-4-5-20(11-12-22)9-10-21-13-15-25(29)16-14-21/h1-8,11-17H,29H2/b22-17+. The largest absolute Gasteiger partial charge is 0.399 e. The van der Waals surface area contributed by atoms with Crippen molar-refractivity contribution >= 4 is 11.3 Å². The zero-order valence-corrected chi connectivity index (χ0v) is 15.6. The number of hydrogen-bond donors (Lipinski definition) is 1. The van der Waals surface area contributed by atoms with Crippen LogP contribution in [0.4, 0.5) is 5.69 Å². The van der Waals surface area contributed by atoms with Crippen molar-refractivity contribution in [1.82, 2.24) is 0 Å². The van der Waals surface area contributed by atoms with Crippen molar-refractivity contribution in [3.8, 4) is 24.0 Å². The second-order valence-electron chi connectivity index (χ2n) is 6.21. The van der Waals surface area contributed by atoms with Crippen molar-refractivity contribution in [2.75, 3.05) is 5.73 Å². The van der Waals surface area contributed by atoms with Gasteiger partial charge in [0, 0.05) is 22.4 Å². The predicted molar refractivity (Wildman–Crippen MR) is 117 cm³/mol. The quantitative estimate of drug-likeness (QED) is 0.453. The number of nitrogens with two attached hydrogens (primary N) is 1. The summed E-state index contributed by atoms with van der Waals surface area (Å²) in [4.78, 5) is 0. The third-order valence-corrected chi connectivity index (χ3v) is 4.17. The minimum atomic E-state index is 0.0751. The van der Waals surface area contributed by atoms with Gasteiger partial charge in [0.25, 0.3) is 0 Å². The molecule has 3 rings (SSSR count). The van der Waals surface area contributed by atoms with E-state index < -0.39 is 0 Å². The molecule has 2 aromatic carbocycles. The minimum Gasteiger partial charge on any atom is -0.399 e. The van der Waals surface area contributed by atoms with E-state index in [1.165, 1.54) is 0 Å². The van der Waals surface area contributed by atoms with Crippen LogP contribution in [0.1, 0.15) is 11.1 Å². The molecular formula is C26H17N3. The lowest BCUT2D eigenvalue weighted by atomic mass is 9.98. The summed E-state index contributed by atoms with van der Waals surface area (Å²) in [5.74, 6) is 6.25. The molecular weight excluding hydrogens is 354 g/mol. The molecule has 2 N–H and O–H groups in total. The monoisotopic (exact) mass is 371 g/mol. The zero-order valence-electron chi connectivity index (χ0n) is 15.6. The van der Waals surface area contributed by atoms with E-state index in [9.17, 15) is 10.5 Å². The highest BCUT2D eigenvalue weighted by atomic mass is 14.5. The Morgan fingerprint density at radius 2 is 1.55 bits per heavy atom. The summed E-state index contributed by atoms with van der Waals surface area (Å²) < 4.78 is 0. The van der Waals surface area contributed by atoms with E-state index >= 15 is 0 Å². The van der Waals surface area contributed by atoms with Gasteiger partial charge in [0.05, 0.1) is 0 Å². The number of hydrogen-bond acceptors (Lipinski definition) is 3. The Morgan fingerprint density at radius 1 is 0.828 bits per heavy atom. The summed E-state index contributed by atoms with van der Waals surface area (Å²) >= 11 is 0. The predicted octanol–water partition coefficient (Wildman–Crippen LogP) is 5.10. The number of nitriles is 2. The molecule has 0 aromatic heterocycles. The summed E-state index contributed by atoms with van der Waals surface area (Å²) in [6.07, 6.45) is 11.4. The highest BCUT2D eigenvalue weighted by Crippen LogP contribution is 2.23. The Hall–Kier alpha value is -4.52. The molecule has 0 saturated carbocycles. The smallest absolute Gasteiger partial charge is 0.137 e. The molecule has 1 aliphatic rings. The van der Waals surface area contributed by atoms with Crippen molar-refractivity contribution in [3.05, 3.63) is 119 Å². The van der Waals surface area contributed by atoms with E-state index in [1.54, 1.807) is 0 Å². The van der Waals surface area contributed by atoms with Crippen molar-refractivity contribution in [2.45, 2.75) is 0 Å². The molecule has 0 aliphatic heterocycles. The molecule has 136 valence electrons. The topological polar surface area (TPSA) is 73.6 Å². The second-order valence-corrected chi connectivity index (χ2v) is 6.21. The molecule has 0 saturated heterocycles. The molecule has 0 bridgehead atoms. The van der Waals surface area contributed by atoms with Crippen LogP contribution in [0.2, 0.25) is 0 Å². The van der Waals surface area contributed by atoms with Gasteiger partial charge in [-0.2, -0.15) is 10.5 Å².